The van der Waals surface area contributed by atoms with E-state index in [1.54, 1.807) is 0 Å². The molecule has 1 aromatic rings. The van der Waals surface area contributed by atoms with Crippen molar-refractivity contribution in [1.82, 2.24) is 0 Å². The minimum absolute atomic E-state index is 0.414. The van der Waals surface area contributed by atoms with Crippen LogP contribution in [0.15, 0.2) is 24.3 Å². The maximum atomic E-state index is 10.5. The molecule has 1 N–H and O–H groups in total. The van der Waals surface area contributed by atoms with E-state index in [9.17, 15) is 4.79 Å². The van der Waals surface area contributed by atoms with E-state index in [2.05, 4.69) is 47.1 Å². The second kappa shape index (κ2) is 5.91. The fraction of sp³-hybridized carbons (Fsp3) is 0.417. The molecule has 1 unspecified atom stereocenters. The number of rotatable bonds is 5. The summed E-state index contributed by atoms with van der Waals surface area (Å²) in [6.45, 7) is 2.06. The lowest BCUT2D eigenvalue weighted by Gasteiger charge is -2.04. The van der Waals surface area contributed by atoms with Gasteiger partial charge in [0.15, 0.2) is 0 Å². The van der Waals surface area contributed by atoms with E-state index in [-0.39, 0.29) is 0 Å². The van der Waals surface area contributed by atoms with Gasteiger partial charge in [0.05, 0.1) is 0 Å². The zero-order valence-corrected chi connectivity index (χ0v) is 10.3. The van der Waals surface area contributed by atoms with Gasteiger partial charge in [-0.05, 0) is 31.7 Å². The van der Waals surface area contributed by atoms with Gasteiger partial charge < -0.3 is 5.11 Å². The normalized spacial score (nSPS) is 12.4. The molecule has 0 spiro atoms. The molecule has 1 aromatic carbocycles. The molecule has 0 heterocycles. The van der Waals surface area contributed by atoms with Crippen LogP contribution in [0.4, 0.5) is 0 Å². The highest BCUT2D eigenvalue weighted by Gasteiger charge is 2.11. The Kier molecular flexibility index (Phi) is 4.82. The molecular formula is C12H15BrO2. The van der Waals surface area contributed by atoms with Crippen LogP contribution < -0.4 is 0 Å². The maximum Gasteiger partial charge on any atom is 0.317 e. The van der Waals surface area contributed by atoms with Crippen LogP contribution in [0, 0.1) is 6.92 Å². The molecule has 0 aliphatic heterocycles. The number of carboxylic acids is 1. The lowest BCUT2D eigenvalue weighted by Crippen LogP contribution is -2.12. The Morgan fingerprint density at radius 2 is 2.00 bits per heavy atom. The number of aryl methyl sites for hydroxylation is 2. The molecule has 0 saturated heterocycles. The molecule has 0 bridgehead atoms. The fourth-order valence-corrected chi connectivity index (χ4v) is 1.69. The van der Waals surface area contributed by atoms with Gasteiger partial charge in [-0.1, -0.05) is 45.8 Å². The van der Waals surface area contributed by atoms with Crippen LogP contribution in [0.1, 0.15) is 24.0 Å². The van der Waals surface area contributed by atoms with Crippen LogP contribution in [0.25, 0.3) is 0 Å². The summed E-state index contributed by atoms with van der Waals surface area (Å²) < 4.78 is 0. The first kappa shape index (κ1) is 12.2. The number of carbonyl (C=O) groups is 1. The van der Waals surface area contributed by atoms with Crippen LogP contribution in [-0.4, -0.2) is 15.9 Å². The molecule has 1 atom stereocenters. The molecule has 0 radical (unpaired) electrons. The van der Waals surface area contributed by atoms with Crippen LogP contribution in [-0.2, 0) is 11.2 Å². The van der Waals surface area contributed by atoms with Crippen molar-refractivity contribution in [2.45, 2.75) is 31.0 Å². The van der Waals surface area contributed by atoms with Crippen LogP contribution >= 0.6 is 15.9 Å². The van der Waals surface area contributed by atoms with Gasteiger partial charge in [-0.2, -0.15) is 0 Å². The predicted octanol–water partition coefficient (Wildman–Crippen LogP) is 3.17. The Hall–Kier alpha value is -0.830. The average molecular weight is 271 g/mol. The van der Waals surface area contributed by atoms with Crippen molar-refractivity contribution in [2.24, 2.45) is 0 Å². The summed E-state index contributed by atoms with van der Waals surface area (Å²) in [7, 11) is 0. The molecule has 0 aliphatic carbocycles. The minimum atomic E-state index is -0.779. The Morgan fingerprint density at radius 3 is 2.53 bits per heavy atom. The third-order valence-electron chi connectivity index (χ3n) is 2.31. The predicted molar refractivity (Wildman–Crippen MR) is 64.5 cm³/mol. The summed E-state index contributed by atoms with van der Waals surface area (Å²) >= 11 is 3.13. The van der Waals surface area contributed by atoms with Crippen molar-refractivity contribution in [3.63, 3.8) is 0 Å². The van der Waals surface area contributed by atoms with E-state index >= 15 is 0 Å². The molecular weight excluding hydrogens is 256 g/mol. The highest BCUT2D eigenvalue weighted by atomic mass is 79.9. The van der Waals surface area contributed by atoms with Gasteiger partial charge in [0.25, 0.3) is 0 Å². The van der Waals surface area contributed by atoms with E-state index < -0.39 is 10.8 Å². The summed E-state index contributed by atoms with van der Waals surface area (Å²) in [5, 5.41) is 8.67. The molecule has 1 rings (SSSR count). The fourth-order valence-electron chi connectivity index (χ4n) is 1.36. The first-order valence-electron chi connectivity index (χ1n) is 5.02. The Labute approximate surface area is 98.4 Å². The van der Waals surface area contributed by atoms with Crippen molar-refractivity contribution in [2.75, 3.05) is 0 Å². The number of alkyl halides is 1. The molecule has 0 aliphatic rings. The molecule has 0 amide bonds. The van der Waals surface area contributed by atoms with Crippen LogP contribution in [0.3, 0.4) is 0 Å². The number of hydrogen-bond acceptors (Lipinski definition) is 1. The van der Waals surface area contributed by atoms with E-state index in [1.807, 2.05) is 0 Å². The molecule has 3 heteroatoms. The molecule has 0 fully saturated rings. The number of hydrogen-bond donors (Lipinski definition) is 1. The highest BCUT2D eigenvalue weighted by Crippen LogP contribution is 2.12. The van der Waals surface area contributed by atoms with Gasteiger partial charge in [-0.3, -0.25) is 4.79 Å². The summed E-state index contributed by atoms with van der Waals surface area (Å²) in [6, 6.07) is 8.36. The lowest BCUT2D eigenvalue weighted by atomic mass is 10.1. The Morgan fingerprint density at radius 1 is 1.40 bits per heavy atom. The summed E-state index contributed by atoms with van der Waals surface area (Å²) in [6.07, 6.45) is 2.50. The Balaban J connectivity index is 2.32. The van der Waals surface area contributed by atoms with Gasteiger partial charge >= 0.3 is 5.97 Å². The molecule has 2 nitrogen and oxygen atoms in total. The molecule has 0 saturated carbocycles. The first-order valence-corrected chi connectivity index (χ1v) is 5.93. The van der Waals surface area contributed by atoms with Crippen molar-refractivity contribution in [3.8, 4) is 0 Å². The van der Waals surface area contributed by atoms with E-state index in [1.165, 1.54) is 11.1 Å². The third-order valence-corrected chi connectivity index (χ3v) is 3.16. The van der Waals surface area contributed by atoms with Gasteiger partial charge in [0.1, 0.15) is 4.83 Å². The van der Waals surface area contributed by atoms with Gasteiger partial charge in [-0.15, -0.1) is 0 Å². The van der Waals surface area contributed by atoms with E-state index in [0.29, 0.717) is 6.42 Å². The Bertz CT molecular complexity index is 319. The molecule has 0 aromatic heterocycles. The highest BCUT2D eigenvalue weighted by molar-refractivity contribution is 9.10. The summed E-state index contributed by atoms with van der Waals surface area (Å²) in [5.41, 5.74) is 2.52. The second-order valence-corrected chi connectivity index (χ2v) is 4.79. The summed E-state index contributed by atoms with van der Waals surface area (Å²) in [5.74, 6) is -0.779. The third kappa shape index (κ3) is 4.47. The SMILES string of the molecule is Cc1ccc(CCCC(Br)C(=O)O)cc1. The number of benzene rings is 1. The first-order chi connectivity index (χ1) is 7.09. The van der Waals surface area contributed by atoms with Crippen LogP contribution in [0.2, 0.25) is 0 Å². The number of carboxylic acid groups (broad SMARTS) is 1. The quantitative estimate of drug-likeness (QED) is 0.835. The van der Waals surface area contributed by atoms with Crippen molar-refractivity contribution in [1.29, 1.82) is 0 Å². The van der Waals surface area contributed by atoms with Crippen molar-refractivity contribution < 1.29 is 9.90 Å². The van der Waals surface area contributed by atoms with E-state index in [0.717, 1.165) is 12.8 Å². The lowest BCUT2D eigenvalue weighted by molar-refractivity contribution is -0.136. The van der Waals surface area contributed by atoms with E-state index in [4.69, 9.17) is 5.11 Å². The number of aliphatic carboxylic acids is 1. The van der Waals surface area contributed by atoms with Gasteiger partial charge in [-0.25, -0.2) is 0 Å². The van der Waals surface area contributed by atoms with Gasteiger partial charge in [0, 0.05) is 0 Å². The monoisotopic (exact) mass is 270 g/mol. The zero-order chi connectivity index (χ0) is 11.3. The van der Waals surface area contributed by atoms with Crippen molar-refractivity contribution >= 4 is 21.9 Å². The maximum absolute atomic E-state index is 10.5. The average Bonchev–Trinajstić information content (AvgIpc) is 2.20. The summed E-state index contributed by atoms with van der Waals surface area (Å²) in [4.78, 5) is 10.1. The number of halogens is 1. The van der Waals surface area contributed by atoms with Gasteiger partial charge in [0.2, 0.25) is 0 Å². The van der Waals surface area contributed by atoms with Crippen LogP contribution in [0.5, 0.6) is 0 Å². The topological polar surface area (TPSA) is 37.3 Å². The molecule has 82 valence electrons. The minimum Gasteiger partial charge on any atom is -0.480 e. The largest absolute Gasteiger partial charge is 0.480 e. The smallest absolute Gasteiger partial charge is 0.317 e. The zero-order valence-electron chi connectivity index (χ0n) is 8.74. The molecule has 15 heavy (non-hydrogen) atoms. The van der Waals surface area contributed by atoms with Crippen molar-refractivity contribution in [3.05, 3.63) is 35.4 Å². The standard InChI is InChI=1S/C12H15BrO2/c1-9-5-7-10(8-6-9)3-2-4-11(13)12(14)15/h5-8,11H,2-4H2,1H3,(H,14,15). The second-order valence-electron chi connectivity index (χ2n) is 3.68.